The molecule has 0 spiro atoms. The Hall–Kier alpha value is -3.10. The van der Waals surface area contributed by atoms with Crippen molar-refractivity contribution in [2.24, 2.45) is 5.92 Å². The normalized spacial score (nSPS) is 15.3. The second-order valence-corrected chi connectivity index (χ2v) is 8.02. The molecule has 1 N–H and O–H groups in total. The molecule has 1 heterocycles. The summed E-state index contributed by atoms with van der Waals surface area (Å²) in [6.07, 6.45) is 1.56. The molecule has 156 valence electrons. The van der Waals surface area contributed by atoms with Gasteiger partial charge in [-0.3, -0.25) is 9.69 Å². The molecule has 1 fully saturated rings. The fourth-order valence-corrected chi connectivity index (χ4v) is 3.78. The van der Waals surface area contributed by atoms with Gasteiger partial charge in [-0.05, 0) is 17.0 Å². The van der Waals surface area contributed by atoms with E-state index in [0.717, 1.165) is 19.6 Å². The van der Waals surface area contributed by atoms with Crippen LogP contribution in [-0.2, 0) is 4.79 Å². The quantitative estimate of drug-likeness (QED) is 0.568. The van der Waals surface area contributed by atoms with Crippen molar-refractivity contribution >= 4 is 5.91 Å². The van der Waals surface area contributed by atoms with Gasteiger partial charge in [0.15, 0.2) is 0 Å². The molecule has 1 amide bonds. The summed E-state index contributed by atoms with van der Waals surface area (Å²) in [5.41, 5.74) is 2.67. The van der Waals surface area contributed by atoms with Gasteiger partial charge in [-0.15, -0.1) is 0 Å². The lowest BCUT2D eigenvalue weighted by Gasteiger charge is -2.39. The van der Waals surface area contributed by atoms with E-state index in [1.165, 1.54) is 11.1 Å². The maximum Gasteiger partial charge on any atom is 0.266 e. The van der Waals surface area contributed by atoms with E-state index in [1.54, 1.807) is 11.1 Å². The van der Waals surface area contributed by atoms with Crippen LogP contribution in [-0.4, -0.2) is 48.4 Å². The van der Waals surface area contributed by atoms with Crippen LogP contribution in [0.1, 0.15) is 31.0 Å². The minimum Gasteiger partial charge on any atom is -0.389 e. The molecule has 0 atom stereocenters. The molecule has 0 saturated carbocycles. The predicted octanol–water partition coefficient (Wildman–Crippen LogP) is 3.57. The molecule has 2 aromatic rings. The van der Waals surface area contributed by atoms with Gasteiger partial charge in [-0.25, -0.2) is 0 Å². The summed E-state index contributed by atoms with van der Waals surface area (Å²) in [6.45, 7) is 7.66. The Balaban J connectivity index is 1.70. The van der Waals surface area contributed by atoms with Crippen molar-refractivity contribution in [2.45, 2.75) is 19.9 Å². The highest BCUT2D eigenvalue weighted by molar-refractivity contribution is 5.97. The molecule has 0 unspecified atom stereocenters. The number of nitrogens with one attached hydrogen (secondary N) is 1. The van der Waals surface area contributed by atoms with Crippen molar-refractivity contribution in [1.82, 2.24) is 15.1 Å². The van der Waals surface area contributed by atoms with Crippen molar-refractivity contribution in [3.05, 3.63) is 83.6 Å². The molecule has 0 bridgehead atoms. The molecule has 5 nitrogen and oxygen atoms in total. The van der Waals surface area contributed by atoms with Crippen LogP contribution in [0.2, 0.25) is 0 Å². The maximum absolute atomic E-state index is 12.8. The lowest BCUT2D eigenvalue weighted by molar-refractivity contribution is -0.128. The van der Waals surface area contributed by atoms with Crippen molar-refractivity contribution in [3.8, 4) is 6.07 Å². The van der Waals surface area contributed by atoms with E-state index in [4.69, 9.17) is 0 Å². The molecule has 2 aromatic carbocycles. The number of piperazine rings is 1. The van der Waals surface area contributed by atoms with Crippen LogP contribution >= 0.6 is 0 Å². The SMILES string of the molecule is CC(C)CN/C=C(/C#N)C(=O)N1CCN(C(c2ccccc2)c2ccccc2)CC1. The van der Waals surface area contributed by atoms with Gasteiger partial charge in [0.2, 0.25) is 0 Å². The molecule has 30 heavy (non-hydrogen) atoms. The summed E-state index contributed by atoms with van der Waals surface area (Å²) in [5, 5.41) is 12.5. The zero-order valence-corrected chi connectivity index (χ0v) is 17.8. The van der Waals surface area contributed by atoms with E-state index in [0.29, 0.717) is 19.0 Å². The third-order valence-electron chi connectivity index (χ3n) is 5.32. The highest BCUT2D eigenvalue weighted by Crippen LogP contribution is 2.29. The Bertz CT molecular complexity index is 839. The highest BCUT2D eigenvalue weighted by Gasteiger charge is 2.29. The third kappa shape index (κ3) is 5.49. The molecular weight excluding hydrogens is 372 g/mol. The second-order valence-electron chi connectivity index (χ2n) is 8.02. The van der Waals surface area contributed by atoms with Crippen LogP contribution in [0.3, 0.4) is 0 Å². The second kappa shape index (κ2) is 10.6. The number of rotatable bonds is 7. The fourth-order valence-electron chi connectivity index (χ4n) is 3.78. The largest absolute Gasteiger partial charge is 0.389 e. The average molecular weight is 403 g/mol. The van der Waals surface area contributed by atoms with E-state index in [9.17, 15) is 10.1 Å². The van der Waals surface area contributed by atoms with E-state index in [2.05, 4.69) is 78.7 Å². The highest BCUT2D eigenvalue weighted by atomic mass is 16.2. The van der Waals surface area contributed by atoms with Crippen molar-refractivity contribution in [2.75, 3.05) is 32.7 Å². The number of nitrogens with zero attached hydrogens (tertiary/aromatic N) is 3. The summed E-state index contributed by atoms with van der Waals surface area (Å²) in [5.74, 6) is 0.261. The lowest BCUT2D eigenvalue weighted by atomic mass is 9.96. The van der Waals surface area contributed by atoms with Gasteiger partial charge < -0.3 is 10.2 Å². The van der Waals surface area contributed by atoms with Crippen LogP contribution in [0.5, 0.6) is 0 Å². The molecule has 1 aliphatic rings. The van der Waals surface area contributed by atoms with Gasteiger partial charge in [-0.1, -0.05) is 74.5 Å². The van der Waals surface area contributed by atoms with Crippen LogP contribution in [0.15, 0.2) is 72.4 Å². The summed E-state index contributed by atoms with van der Waals surface area (Å²) in [7, 11) is 0. The number of hydrogen-bond acceptors (Lipinski definition) is 4. The van der Waals surface area contributed by atoms with Crippen LogP contribution in [0.25, 0.3) is 0 Å². The lowest BCUT2D eigenvalue weighted by Crippen LogP contribution is -2.50. The van der Waals surface area contributed by atoms with E-state index in [1.807, 2.05) is 12.1 Å². The van der Waals surface area contributed by atoms with Gasteiger partial charge >= 0.3 is 0 Å². The minimum atomic E-state index is -0.190. The molecule has 3 rings (SSSR count). The van der Waals surface area contributed by atoms with Crippen LogP contribution in [0, 0.1) is 17.2 Å². The molecule has 0 aliphatic carbocycles. The van der Waals surface area contributed by atoms with Crippen molar-refractivity contribution in [3.63, 3.8) is 0 Å². The topological polar surface area (TPSA) is 59.4 Å². The molecule has 5 heteroatoms. The molecule has 0 aromatic heterocycles. The maximum atomic E-state index is 12.8. The first kappa shape index (κ1) is 21.6. The first-order valence-electron chi connectivity index (χ1n) is 10.6. The minimum absolute atomic E-state index is 0.156. The summed E-state index contributed by atoms with van der Waals surface area (Å²) in [4.78, 5) is 17.0. The van der Waals surface area contributed by atoms with Gasteiger partial charge in [-0.2, -0.15) is 5.26 Å². The standard InChI is InChI=1S/C25H30N4O/c1-20(2)18-27-19-23(17-26)25(30)29-15-13-28(14-16-29)24(21-9-5-3-6-10-21)22-11-7-4-8-12-22/h3-12,19-20,24,27H,13-16,18H2,1-2H3/b23-19-. The Morgan fingerprint density at radius 3 is 2.00 bits per heavy atom. The molecular formula is C25H30N4O. The first-order chi connectivity index (χ1) is 14.6. The van der Waals surface area contributed by atoms with Crippen LogP contribution < -0.4 is 5.32 Å². The van der Waals surface area contributed by atoms with Gasteiger partial charge in [0.1, 0.15) is 11.6 Å². The monoisotopic (exact) mass is 402 g/mol. The molecule has 1 saturated heterocycles. The number of benzene rings is 2. The number of carbonyl (C=O) groups is 1. The number of nitriles is 1. The summed E-state index contributed by atoms with van der Waals surface area (Å²) < 4.78 is 0. The average Bonchev–Trinajstić information content (AvgIpc) is 2.78. The smallest absolute Gasteiger partial charge is 0.266 e. The first-order valence-corrected chi connectivity index (χ1v) is 10.6. The van der Waals surface area contributed by atoms with Gasteiger partial charge in [0.25, 0.3) is 5.91 Å². The Morgan fingerprint density at radius 1 is 1.00 bits per heavy atom. The number of hydrogen-bond donors (Lipinski definition) is 1. The zero-order chi connectivity index (χ0) is 21.3. The molecule has 1 aliphatic heterocycles. The number of carbonyl (C=O) groups excluding carboxylic acids is 1. The summed E-state index contributed by atoms with van der Waals surface area (Å²) >= 11 is 0. The van der Waals surface area contributed by atoms with Gasteiger partial charge in [0, 0.05) is 38.9 Å². The Kier molecular flexibility index (Phi) is 7.64. The number of amides is 1. The Labute approximate surface area is 179 Å². The third-order valence-corrected chi connectivity index (χ3v) is 5.32. The van der Waals surface area contributed by atoms with E-state index >= 15 is 0 Å². The molecule has 0 radical (unpaired) electrons. The summed E-state index contributed by atoms with van der Waals surface area (Å²) in [6, 6.07) is 23.2. The van der Waals surface area contributed by atoms with Crippen molar-refractivity contribution < 1.29 is 4.79 Å². The van der Waals surface area contributed by atoms with Gasteiger partial charge in [0.05, 0.1) is 6.04 Å². The zero-order valence-electron chi connectivity index (χ0n) is 17.8. The Morgan fingerprint density at radius 2 is 1.53 bits per heavy atom. The van der Waals surface area contributed by atoms with Crippen LogP contribution in [0.4, 0.5) is 0 Å². The van der Waals surface area contributed by atoms with E-state index in [-0.39, 0.29) is 17.5 Å². The fraction of sp³-hybridized carbons (Fsp3) is 0.360. The van der Waals surface area contributed by atoms with E-state index < -0.39 is 0 Å². The van der Waals surface area contributed by atoms with Crippen molar-refractivity contribution in [1.29, 1.82) is 5.26 Å². The predicted molar refractivity (Wildman–Crippen MR) is 119 cm³/mol.